The van der Waals surface area contributed by atoms with Gasteiger partial charge in [0, 0.05) is 35.5 Å². The van der Waals surface area contributed by atoms with Crippen molar-refractivity contribution in [2.45, 2.75) is 32.6 Å². The molecule has 1 aliphatic rings. The van der Waals surface area contributed by atoms with Gasteiger partial charge in [0.1, 0.15) is 0 Å². The first kappa shape index (κ1) is 15.3. The third-order valence-corrected chi connectivity index (χ3v) is 4.36. The number of para-hydroxylation sites is 1. The first-order valence-corrected chi connectivity index (χ1v) is 7.71. The fraction of sp³-hybridized carbons (Fsp3) is 0.333. The third kappa shape index (κ3) is 2.42. The number of aromatic amines is 1. The van der Waals surface area contributed by atoms with Crippen molar-refractivity contribution in [3.63, 3.8) is 0 Å². The number of carboxylic acid groups (broad SMARTS) is 1. The van der Waals surface area contributed by atoms with Gasteiger partial charge >= 0.3 is 5.97 Å². The van der Waals surface area contributed by atoms with Crippen LogP contribution in [0.3, 0.4) is 0 Å². The Morgan fingerprint density at radius 1 is 1.30 bits per heavy atom. The third-order valence-electron chi connectivity index (χ3n) is 4.36. The van der Waals surface area contributed by atoms with Crippen LogP contribution >= 0.6 is 0 Å². The molecule has 2 aromatic rings. The van der Waals surface area contributed by atoms with Gasteiger partial charge in [0.05, 0.1) is 11.3 Å². The summed E-state index contributed by atoms with van der Waals surface area (Å²) in [7, 11) is 0. The smallest absolute Gasteiger partial charge is 0.339 e. The van der Waals surface area contributed by atoms with Crippen molar-refractivity contribution in [3.05, 3.63) is 41.7 Å². The molecule has 23 heavy (non-hydrogen) atoms. The van der Waals surface area contributed by atoms with Crippen molar-refractivity contribution in [3.8, 4) is 0 Å². The highest BCUT2D eigenvalue weighted by Crippen LogP contribution is 2.39. The molecule has 0 fully saturated rings. The van der Waals surface area contributed by atoms with Crippen LogP contribution in [-0.2, 0) is 15.0 Å². The van der Waals surface area contributed by atoms with Gasteiger partial charge in [0.2, 0.25) is 5.91 Å². The van der Waals surface area contributed by atoms with E-state index in [1.54, 1.807) is 6.92 Å². The molecule has 1 aromatic heterocycles. The SMILES string of the molecule is CCC(=O)N1C=C(C(=O)O)c2[nH]c3ccccc3c2C(C)(C)C1. The topological polar surface area (TPSA) is 73.4 Å². The molecule has 0 unspecified atom stereocenters. The molecule has 0 radical (unpaired) electrons. The molecule has 3 rings (SSSR count). The summed E-state index contributed by atoms with van der Waals surface area (Å²) in [4.78, 5) is 28.7. The van der Waals surface area contributed by atoms with Crippen LogP contribution < -0.4 is 0 Å². The number of carbonyl (C=O) groups excluding carboxylic acids is 1. The van der Waals surface area contributed by atoms with Crippen molar-refractivity contribution < 1.29 is 14.7 Å². The molecule has 0 bridgehead atoms. The van der Waals surface area contributed by atoms with Crippen molar-refractivity contribution in [1.29, 1.82) is 0 Å². The van der Waals surface area contributed by atoms with E-state index in [1.165, 1.54) is 11.1 Å². The van der Waals surface area contributed by atoms with Crippen LogP contribution in [0.2, 0.25) is 0 Å². The number of nitrogens with zero attached hydrogens (tertiary/aromatic N) is 1. The second-order valence-electron chi connectivity index (χ2n) is 6.53. The van der Waals surface area contributed by atoms with E-state index in [0.717, 1.165) is 16.5 Å². The van der Waals surface area contributed by atoms with Crippen molar-refractivity contribution in [2.24, 2.45) is 0 Å². The first-order valence-electron chi connectivity index (χ1n) is 7.71. The fourth-order valence-corrected chi connectivity index (χ4v) is 3.34. The first-order chi connectivity index (χ1) is 10.8. The second kappa shape index (κ2) is 5.26. The van der Waals surface area contributed by atoms with E-state index in [1.807, 2.05) is 38.1 Å². The minimum atomic E-state index is -1.04. The number of aliphatic carboxylic acids is 1. The minimum absolute atomic E-state index is 0.0775. The molecule has 2 N–H and O–H groups in total. The number of rotatable bonds is 2. The van der Waals surface area contributed by atoms with E-state index in [0.29, 0.717) is 18.7 Å². The summed E-state index contributed by atoms with van der Waals surface area (Å²) >= 11 is 0. The zero-order valence-electron chi connectivity index (χ0n) is 13.5. The summed E-state index contributed by atoms with van der Waals surface area (Å²) in [5, 5.41) is 10.7. The summed E-state index contributed by atoms with van der Waals surface area (Å²) in [6.45, 7) is 6.32. The number of nitrogens with one attached hydrogen (secondary N) is 1. The van der Waals surface area contributed by atoms with E-state index < -0.39 is 5.97 Å². The van der Waals surface area contributed by atoms with E-state index >= 15 is 0 Å². The lowest BCUT2D eigenvalue weighted by Gasteiger charge is -2.29. The molecule has 0 saturated carbocycles. The molecule has 1 amide bonds. The molecule has 0 aliphatic carbocycles. The average molecular weight is 312 g/mol. The van der Waals surface area contributed by atoms with Gasteiger partial charge in [0.25, 0.3) is 0 Å². The number of hydrogen-bond donors (Lipinski definition) is 2. The molecule has 0 saturated heterocycles. The molecule has 1 aliphatic heterocycles. The molecule has 120 valence electrons. The fourth-order valence-electron chi connectivity index (χ4n) is 3.34. The van der Waals surface area contributed by atoms with E-state index in [4.69, 9.17) is 0 Å². The summed E-state index contributed by atoms with van der Waals surface area (Å²) in [5.41, 5.74) is 2.22. The number of amides is 1. The minimum Gasteiger partial charge on any atom is -0.478 e. The van der Waals surface area contributed by atoms with Crippen LogP contribution in [0.15, 0.2) is 30.5 Å². The zero-order chi connectivity index (χ0) is 16.8. The van der Waals surface area contributed by atoms with Gasteiger partial charge < -0.3 is 15.0 Å². The van der Waals surface area contributed by atoms with Crippen LogP contribution in [-0.4, -0.2) is 33.4 Å². The maximum Gasteiger partial charge on any atom is 0.339 e. The maximum atomic E-state index is 12.2. The maximum absolute atomic E-state index is 12.2. The van der Waals surface area contributed by atoms with Crippen molar-refractivity contribution in [2.75, 3.05) is 6.54 Å². The molecule has 5 nitrogen and oxygen atoms in total. The largest absolute Gasteiger partial charge is 0.478 e. The molecule has 0 spiro atoms. The normalized spacial score (nSPS) is 16.7. The standard InChI is InChI=1S/C18H20N2O3/c1-4-14(21)20-9-12(17(22)23)16-15(18(2,3)10-20)11-7-5-6-8-13(11)19-16/h5-9,19H,4,10H2,1-3H3,(H,22,23). The lowest BCUT2D eigenvalue weighted by Crippen LogP contribution is -2.36. The lowest BCUT2D eigenvalue weighted by molar-refractivity contribution is -0.130. The Kier molecular flexibility index (Phi) is 3.51. The molecular weight excluding hydrogens is 292 g/mol. The molecule has 0 atom stereocenters. The van der Waals surface area contributed by atoms with Crippen LogP contribution in [0.4, 0.5) is 0 Å². The number of fused-ring (bicyclic) bond motifs is 3. The quantitative estimate of drug-likeness (QED) is 0.895. The zero-order valence-corrected chi connectivity index (χ0v) is 13.5. The van der Waals surface area contributed by atoms with Gasteiger partial charge in [-0.2, -0.15) is 0 Å². The predicted molar refractivity (Wildman–Crippen MR) is 88.9 cm³/mol. The highest BCUT2D eigenvalue weighted by molar-refractivity contribution is 6.17. The van der Waals surface area contributed by atoms with Crippen LogP contribution in [0.1, 0.15) is 38.4 Å². The van der Waals surface area contributed by atoms with Gasteiger partial charge in [-0.15, -0.1) is 0 Å². The van der Waals surface area contributed by atoms with Crippen molar-refractivity contribution >= 4 is 28.4 Å². The Balaban J connectivity index is 2.31. The number of benzene rings is 1. The Bertz CT molecular complexity index is 830. The Morgan fingerprint density at radius 2 is 2.00 bits per heavy atom. The number of H-pyrrole nitrogens is 1. The monoisotopic (exact) mass is 312 g/mol. The highest BCUT2D eigenvalue weighted by atomic mass is 16.4. The van der Waals surface area contributed by atoms with E-state index in [2.05, 4.69) is 4.98 Å². The number of hydrogen-bond acceptors (Lipinski definition) is 2. The Labute approximate surface area is 134 Å². The highest BCUT2D eigenvalue weighted by Gasteiger charge is 2.36. The summed E-state index contributed by atoms with van der Waals surface area (Å²) in [5.74, 6) is -1.12. The number of carboxylic acids is 1. The summed E-state index contributed by atoms with van der Waals surface area (Å²) < 4.78 is 0. The average Bonchev–Trinajstić information content (AvgIpc) is 2.84. The van der Waals surface area contributed by atoms with Crippen LogP contribution in [0.5, 0.6) is 0 Å². The molecule has 5 heteroatoms. The van der Waals surface area contributed by atoms with Gasteiger partial charge in [-0.1, -0.05) is 39.0 Å². The van der Waals surface area contributed by atoms with Gasteiger partial charge in [-0.25, -0.2) is 4.79 Å². The van der Waals surface area contributed by atoms with Crippen LogP contribution in [0, 0.1) is 0 Å². The number of aromatic nitrogens is 1. The molecule has 1 aromatic carbocycles. The van der Waals surface area contributed by atoms with Gasteiger partial charge in [0.15, 0.2) is 0 Å². The Hall–Kier alpha value is -2.56. The van der Waals surface area contributed by atoms with Gasteiger partial charge in [-0.3, -0.25) is 4.79 Å². The second-order valence-corrected chi connectivity index (χ2v) is 6.53. The molecular formula is C18H20N2O3. The van der Waals surface area contributed by atoms with E-state index in [-0.39, 0.29) is 16.9 Å². The van der Waals surface area contributed by atoms with E-state index in [9.17, 15) is 14.7 Å². The molecule has 2 heterocycles. The lowest BCUT2D eigenvalue weighted by atomic mass is 9.82. The number of carbonyl (C=O) groups is 2. The predicted octanol–water partition coefficient (Wildman–Crippen LogP) is 3.12. The van der Waals surface area contributed by atoms with Gasteiger partial charge in [-0.05, 0) is 11.6 Å². The Morgan fingerprint density at radius 3 is 2.65 bits per heavy atom. The van der Waals surface area contributed by atoms with Crippen molar-refractivity contribution in [1.82, 2.24) is 9.88 Å². The van der Waals surface area contributed by atoms with Crippen LogP contribution in [0.25, 0.3) is 16.5 Å². The summed E-state index contributed by atoms with van der Waals surface area (Å²) in [6, 6.07) is 7.79. The summed E-state index contributed by atoms with van der Waals surface area (Å²) in [6.07, 6.45) is 1.81.